The van der Waals surface area contributed by atoms with Crippen molar-refractivity contribution in [3.8, 4) is 11.4 Å². The summed E-state index contributed by atoms with van der Waals surface area (Å²) in [5.41, 5.74) is -0.570. The van der Waals surface area contributed by atoms with Crippen molar-refractivity contribution in [2.75, 3.05) is 0 Å². The molecular formula is C11H4Cl2FN3O2. The van der Waals surface area contributed by atoms with Crippen LogP contribution in [0.25, 0.3) is 17.2 Å². The molecule has 0 bridgehead atoms. The van der Waals surface area contributed by atoms with Gasteiger partial charge in [0.2, 0.25) is 5.82 Å². The molecule has 0 saturated heterocycles. The van der Waals surface area contributed by atoms with Crippen LogP contribution in [0.2, 0.25) is 10.0 Å². The van der Waals surface area contributed by atoms with Crippen molar-refractivity contribution in [1.29, 1.82) is 0 Å². The zero-order valence-corrected chi connectivity index (χ0v) is 10.6. The molecule has 2 heterocycles. The van der Waals surface area contributed by atoms with E-state index in [1.165, 1.54) is 0 Å². The summed E-state index contributed by atoms with van der Waals surface area (Å²) in [6.07, 6.45) is 0.770. The Balaban J connectivity index is 2.41. The minimum absolute atomic E-state index is 0.0412. The second-order valence-corrected chi connectivity index (χ2v) is 4.42. The molecule has 1 aromatic carbocycles. The maximum absolute atomic E-state index is 13.3. The van der Waals surface area contributed by atoms with E-state index in [0.29, 0.717) is 5.56 Å². The second-order valence-electron chi connectivity index (χ2n) is 3.64. The van der Waals surface area contributed by atoms with Crippen molar-refractivity contribution < 1.29 is 8.91 Å². The topological polar surface area (TPSA) is 60.4 Å². The van der Waals surface area contributed by atoms with Gasteiger partial charge in [0.05, 0.1) is 16.2 Å². The summed E-state index contributed by atoms with van der Waals surface area (Å²) < 4.78 is 19.0. The lowest BCUT2D eigenvalue weighted by Crippen LogP contribution is -2.17. The van der Waals surface area contributed by atoms with E-state index in [1.54, 1.807) is 18.2 Å². The van der Waals surface area contributed by atoms with Crippen LogP contribution in [0.15, 0.2) is 33.7 Å². The number of rotatable bonds is 1. The van der Waals surface area contributed by atoms with Gasteiger partial charge in [-0.25, -0.2) is 4.40 Å². The van der Waals surface area contributed by atoms with Crippen LogP contribution in [0.5, 0.6) is 0 Å². The van der Waals surface area contributed by atoms with Gasteiger partial charge in [0.1, 0.15) is 0 Å². The van der Waals surface area contributed by atoms with Gasteiger partial charge >= 0.3 is 5.84 Å². The van der Waals surface area contributed by atoms with E-state index in [2.05, 4.69) is 10.1 Å². The molecule has 0 fully saturated rings. The van der Waals surface area contributed by atoms with Gasteiger partial charge in [-0.3, -0.25) is 4.79 Å². The lowest BCUT2D eigenvalue weighted by Gasteiger charge is -2.02. The fraction of sp³-hybridized carbons (Fsp3) is 0. The Morgan fingerprint density at radius 1 is 1.32 bits per heavy atom. The van der Waals surface area contributed by atoms with Crippen LogP contribution in [0.4, 0.5) is 4.39 Å². The van der Waals surface area contributed by atoms with Gasteiger partial charge in [0.25, 0.3) is 5.56 Å². The minimum Gasteiger partial charge on any atom is -0.314 e. The third kappa shape index (κ3) is 1.80. The van der Waals surface area contributed by atoms with Gasteiger partial charge in [0, 0.05) is 5.56 Å². The van der Waals surface area contributed by atoms with Gasteiger partial charge < -0.3 is 4.52 Å². The quantitative estimate of drug-likeness (QED) is 0.693. The maximum atomic E-state index is 13.3. The molecule has 5 nitrogen and oxygen atoms in total. The van der Waals surface area contributed by atoms with Crippen molar-refractivity contribution in [2.45, 2.75) is 0 Å². The number of aromatic nitrogens is 3. The molecule has 19 heavy (non-hydrogen) atoms. The van der Waals surface area contributed by atoms with E-state index in [9.17, 15) is 9.18 Å². The third-order valence-electron chi connectivity index (χ3n) is 2.51. The SMILES string of the molecule is O=c1c(F)cnc2onc(-c3cccc(Cl)c3Cl)n12. The second kappa shape index (κ2) is 4.32. The van der Waals surface area contributed by atoms with Crippen LogP contribution >= 0.6 is 23.2 Å². The first-order valence-electron chi connectivity index (χ1n) is 5.07. The first-order chi connectivity index (χ1) is 9.09. The minimum atomic E-state index is -1.01. The molecule has 0 aliphatic carbocycles. The fourth-order valence-electron chi connectivity index (χ4n) is 1.64. The van der Waals surface area contributed by atoms with E-state index >= 15 is 0 Å². The normalized spacial score (nSPS) is 11.1. The summed E-state index contributed by atoms with van der Waals surface area (Å²) in [6, 6.07) is 4.79. The molecule has 0 unspecified atom stereocenters. The summed E-state index contributed by atoms with van der Waals surface area (Å²) in [6.45, 7) is 0. The van der Waals surface area contributed by atoms with Gasteiger partial charge in [-0.2, -0.15) is 9.37 Å². The molecule has 0 aliphatic heterocycles. The Morgan fingerprint density at radius 3 is 2.89 bits per heavy atom. The molecule has 8 heteroatoms. The van der Waals surface area contributed by atoms with Gasteiger partial charge in [-0.1, -0.05) is 34.4 Å². The highest BCUT2D eigenvalue weighted by molar-refractivity contribution is 6.43. The fourth-order valence-corrected chi connectivity index (χ4v) is 2.03. The van der Waals surface area contributed by atoms with Crippen molar-refractivity contribution in [3.05, 3.63) is 50.6 Å². The molecule has 3 rings (SSSR count). The lowest BCUT2D eigenvalue weighted by molar-refractivity contribution is 0.446. The average Bonchev–Trinajstić information content (AvgIpc) is 2.82. The van der Waals surface area contributed by atoms with Crippen LogP contribution in [0, 0.1) is 5.82 Å². The third-order valence-corrected chi connectivity index (χ3v) is 3.32. The number of hydrogen-bond donors (Lipinski definition) is 0. The molecule has 2 aromatic heterocycles. The van der Waals surface area contributed by atoms with Crippen LogP contribution in [-0.4, -0.2) is 14.5 Å². The molecule has 0 atom stereocenters. The van der Waals surface area contributed by atoms with Crippen LogP contribution < -0.4 is 5.56 Å². The molecule has 0 amide bonds. The highest BCUT2D eigenvalue weighted by Gasteiger charge is 2.18. The molecular weight excluding hydrogens is 296 g/mol. The maximum Gasteiger partial charge on any atom is 0.335 e. The van der Waals surface area contributed by atoms with Crippen molar-refractivity contribution in [3.63, 3.8) is 0 Å². The number of hydrogen-bond acceptors (Lipinski definition) is 4. The van der Waals surface area contributed by atoms with Crippen molar-refractivity contribution in [1.82, 2.24) is 14.5 Å². The zero-order chi connectivity index (χ0) is 13.6. The molecule has 0 spiro atoms. The first-order valence-corrected chi connectivity index (χ1v) is 5.82. The number of benzene rings is 1. The monoisotopic (exact) mass is 299 g/mol. The highest BCUT2D eigenvalue weighted by Crippen LogP contribution is 2.32. The van der Waals surface area contributed by atoms with E-state index in [-0.39, 0.29) is 21.7 Å². The smallest absolute Gasteiger partial charge is 0.314 e. The Morgan fingerprint density at radius 2 is 2.11 bits per heavy atom. The summed E-state index contributed by atoms with van der Waals surface area (Å²) in [7, 11) is 0. The van der Waals surface area contributed by atoms with E-state index in [4.69, 9.17) is 27.7 Å². The molecule has 96 valence electrons. The number of halogens is 3. The molecule has 0 saturated carbocycles. The van der Waals surface area contributed by atoms with E-state index in [1.807, 2.05) is 0 Å². The largest absolute Gasteiger partial charge is 0.335 e. The Bertz CT molecular complexity index is 844. The van der Waals surface area contributed by atoms with Crippen LogP contribution in [0.3, 0.4) is 0 Å². The average molecular weight is 300 g/mol. The summed E-state index contributed by atoms with van der Waals surface area (Å²) in [5.74, 6) is -1.10. The van der Waals surface area contributed by atoms with Gasteiger partial charge in [-0.05, 0) is 12.1 Å². The molecule has 0 radical (unpaired) electrons. The predicted octanol–water partition coefficient (Wildman–Crippen LogP) is 2.80. The Labute approximate surface area is 115 Å². The number of nitrogens with zero attached hydrogens (tertiary/aromatic N) is 3. The highest BCUT2D eigenvalue weighted by atomic mass is 35.5. The standard InChI is InChI=1S/C11H4Cl2FN3O2/c12-6-3-1-2-5(8(6)13)9-16-19-11-15-4-7(14)10(18)17(9)11/h1-4H. The van der Waals surface area contributed by atoms with Crippen molar-refractivity contribution >= 4 is 29.0 Å². The lowest BCUT2D eigenvalue weighted by atomic mass is 10.2. The first kappa shape index (κ1) is 12.1. The molecule has 0 N–H and O–H groups in total. The predicted molar refractivity (Wildman–Crippen MR) is 66.9 cm³/mol. The van der Waals surface area contributed by atoms with Crippen LogP contribution in [0.1, 0.15) is 0 Å². The summed E-state index contributed by atoms with van der Waals surface area (Å²) in [5, 5.41) is 4.16. The summed E-state index contributed by atoms with van der Waals surface area (Å²) in [4.78, 5) is 15.4. The van der Waals surface area contributed by atoms with Crippen LogP contribution in [-0.2, 0) is 0 Å². The zero-order valence-electron chi connectivity index (χ0n) is 9.10. The van der Waals surface area contributed by atoms with Gasteiger partial charge in [0.15, 0.2) is 5.82 Å². The molecule has 0 aliphatic rings. The van der Waals surface area contributed by atoms with Crippen molar-refractivity contribution in [2.24, 2.45) is 0 Å². The summed E-state index contributed by atoms with van der Waals surface area (Å²) >= 11 is 11.9. The Hall–Kier alpha value is -1.92. The van der Waals surface area contributed by atoms with E-state index < -0.39 is 11.4 Å². The molecule has 3 aromatic rings. The number of fused-ring (bicyclic) bond motifs is 1. The van der Waals surface area contributed by atoms with E-state index in [0.717, 1.165) is 10.6 Å². The Kier molecular flexibility index (Phi) is 2.76. The van der Waals surface area contributed by atoms with Gasteiger partial charge in [-0.15, -0.1) is 0 Å².